The first-order valence-electron chi connectivity index (χ1n) is 6.97. The van der Waals surface area contributed by atoms with Gasteiger partial charge in [0.05, 0.1) is 0 Å². The summed E-state index contributed by atoms with van der Waals surface area (Å²) in [5.74, 6) is -0.273. The van der Waals surface area contributed by atoms with E-state index in [4.69, 9.17) is 0 Å². The first kappa shape index (κ1) is 14.0. The lowest BCUT2D eigenvalue weighted by Crippen LogP contribution is -2.39. The summed E-state index contributed by atoms with van der Waals surface area (Å²) in [6, 6.07) is 4.15. The highest BCUT2D eigenvalue weighted by molar-refractivity contribution is 9.10. The van der Waals surface area contributed by atoms with E-state index in [0.29, 0.717) is 12.5 Å². The van der Waals surface area contributed by atoms with Crippen LogP contribution in [-0.4, -0.2) is 28.6 Å². The van der Waals surface area contributed by atoms with Crippen molar-refractivity contribution in [2.24, 2.45) is 11.8 Å². The number of hydrogen-bond donors (Lipinski definition) is 1. The van der Waals surface area contributed by atoms with Crippen LogP contribution in [0.1, 0.15) is 24.8 Å². The molecule has 1 saturated carbocycles. The summed E-state index contributed by atoms with van der Waals surface area (Å²) >= 11 is 3.42. The van der Waals surface area contributed by atoms with Crippen molar-refractivity contribution in [3.05, 3.63) is 34.1 Å². The van der Waals surface area contributed by atoms with Crippen LogP contribution in [0, 0.1) is 17.7 Å². The lowest BCUT2D eigenvalue weighted by molar-refractivity contribution is -0.143. The molecule has 1 aromatic rings. The molecule has 3 nitrogen and oxygen atoms in total. The van der Waals surface area contributed by atoms with Crippen LogP contribution in [0.15, 0.2) is 22.7 Å². The molecule has 108 valence electrons. The van der Waals surface area contributed by atoms with Gasteiger partial charge in [-0.1, -0.05) is 22.4 Å². The molecule has 1 aromatic carbocycles. The first-order valence-corrected chi connectivity index (χ1v) is 7.76. The van der Waals surface area contributed by atoms with E-state index < -0.39 is 12.0 Å². The fourth-order valence-corrected chi connectivity index (χ4v) is 4.15. The number of likely N-dealkylation sites (tertiary alicyclic amines) is 1. The van der Waals surface area contributed by atoms with Crippen LogP contribution in [0.2, 0.25) is 0 Å². The Morgan fingerprint density at radius 1 is 1.45 bits per heavy atom. The van der Waals surface area contributed by atoms with Crippen molar-refractivity contribution >= 4 is 21.9 Å². The summed E-state index contributed by atoms with van der Waals surface area (Å²) in [6.07, 6.45) is 3.26. The molecule has 1 N–H and O–H groups in total. The van der Waals surface area contributed by atoms with Gasteiger partial charge in [0.2, 0.25) is 0 Å². The quantitative estimate of drug-likeness (QED) is 0.917. The van der Waals surface area contributed by atoms with Crippen molar-refractivity contribution in [1.29, 1.82) is 0 Å². The summed E-state index contributed by atoms with van der Waals surface area (Å²) in [5, 5.41) is 9.51. The van der Waals surface area contributed by atoms with Crippen molar-refractivity contribution < 1.29 is 14.3 Å². The number of carbonyl (C=O) groups is 1. The van der Waals surface area contributed by atoms with E-state index in [9.17, 15) is 14.3 Å². The topological polar surface area (TPSA) is 40.5 Å². The third-order valence-electron chi connectivity index (χ3n) is 4.62. The van der Waals surface area contributed by atoms with Gasteiger partial charge in [-0.2, -0.15) is 0 Å². The molecule has 0 spiro atoms. The van der Waals surface area contributed by atoms with Gasteiger partial charge in [-0.15, -0.1) is 0 Å². The molecule has 3 atom stereocenters. The summed E-state index contributed by atoms with van der Waals surface area (Å²) in [5.41, 5.74) is 0.816. The maximum Gasteiger partial charge on any atom is 0.321 e. The number of benzene rings is 1. The highest BCUT2D eigenvalue weighted by Crippen LogP contribution is 2.43. The minimum atomic E-state index is -0.744. The Hall–Kier alpha value is -0.940. The number of carboxylic acid groups (broad SMARTS) is 1. The number of carboxylic acids is 1. The number of aliphatic carboxylic acids is 1. The lowest BCUT2D eigenvalue weighted by Gasteiger charge is -2.24. The molecule has 2 aliphatic rings. The van der Waals surface area contributed by atoms with Crippen LogP contribution in [0.25, 0.3) is 0 Å². The second-order valence-corrected chi connectivity index (χ2v) is 6.66. The molecule has 1 aliphatic heterocycles. The van der Waals surface area contributed by atoms with Gasteiger partial charge in [-0.05, 0) is 48.4 Å². The smallest absolute Gasteiger partial charge is 0.321 e. The fraction of sp³-hybridized carbons (Fsp3) is 0.533. The van der Waals surface area contributed by atoms with Crippen molar-refractivity contribution in [3.8, 4) is 0 Å². The van der Waals surface area contributed by atoms with E-state index in [-0.39, 0.29) is 11.7 Å². The highest BCUT2D eigenvalue weighted by atomic mass is 79.9. The zero-order valence-electron chi connectivity index (χ0n) is 11.1. The maximum atomic E-state index is 13.4. The Bertz CT molecular complexity index is 537. The molecular formula is C15H17BrFNO2. The molecule has 1 heterocycles. The summed E-state index contributed by atoms with van der Waals surface area (Å²) < 4.78 is 14.2. The molecular weight excluding hydrogens is 325 g/mol. The second-order valence-electron chi connectivity index (χ2n) is 5.80. The third kappa shape index (κ3) is 2.49. The van der Waals surface area contributed by atoms with E-state index in [0.717, 1.165) is 35.8 Å². The molecule has 3 unspecified atom stereocenters. The number of fused-ring (bicyclic) bond motifs is 1. The van der Waals surface area contributed by atoms with E-state index in [1.54, 1.807) is 6.07 Å². The van der Waals surface area contributed by atoms with Gasteiger partial charge in [0.25, 0.3) is 0 Å². The van der Waals surface area contributed by atoms with Crippen molar-refractivity contribution in [2.45, 2.75) is 31.8 Å². The lowest BCUT2D eigenvalue weighted by atomic mass is 9.94. The van der Waals surface area contributed by atoms with Gasteiger partial charge >= 0.3 is 5.97 Å². The number of halogens is 2. The highest BCUT2D eigenvalue weighted by Gasteiger charge is 2.47. The predicted octanol–water partition coefficient (Wildman–Crippen LogP) is 3.27. The zero-order valence-corrected chi connectivity index (χ0v) is 12.6. The Kier molecular flexibility index (Phi) is 3.82. The average molecular weight is 342 g/mol. The minimum Gasteiger partial charge on any atom is -0.480 e. The fourth-order valence-electron chi connectivity index (χ4n) is 3.78. The molecule has 3 rings (SSSR count). The molecule has 20 heavy (non-hydrogen) atoms. The normalized spacial score (nSPS) is 29.6. The standard InChI is InChI=1S/C15H17BrFNO2/c16-13-5-4-11(17)6-10(13)8-18-7-9-2-1-3-12(9)14(18)15(19)20/h4-6,9,12,14H,1-3,7-8H2,(H,19,20). The summed E-state index contributed by atoms with van der Waals surface area (Å²) in [4.78, 5) is 13.6. The molecule has 0 aromatic heterocycles. The van der Waals surface area contributed by atoms with E-state index in [2.05, 4.69) is 15.9 Å². The SMILES string of the molecule is O=C(O)C1C2CCCC2CN1Cc1cc(F)ccc1Br. The van der Waals surface area contributed by atoms with Crippen molar-refractivity contribution in [3.63, 3.8) is 0 Å². The number of rotatable bonds is 3. The predicted molar refractivity (Wildman–Crippen MR) is 76.8 cm³/mol. The van der Waals surface area contributed by atoms with E-state index in [1.807, 2.05) is 4.90 Å². The molecule has 2 fully saturated rings. The summed E-state index contributed by atoms with van der Waals surface area (Å²) in [7, 11) is 0. The van der Waals surface area contributed by atoms with Crippen LogP contribution in [0.5, 0.6) is 0 Å². The second kappa shape index (κ2) is 5.45. The zero-order chi connectivity index (χ0) is 14.3. The number of hydrogen-bond acceptors (Lipinski definition) is 2. The first-order chi connectivity index (χ1) is 9.56. The van der Waals surface area contributed by atoms with Gasteiger partial charge in [-0.25, -0.2) is 4.39 Å². The van der Waals surface area contributed by atoms with E-state index in [1.165, 1.54) is 12.1 Å². The molecule has 0 amide bonds. The Labute approximate surface area is 125 Å². The van der Waals surface area contributed by atoms with Gasteiger partial charge in [-0.3, -0.25) is 9.69 Å². The third-order valence-corrected chi connectivity index (χ3v) is 5.39. The van der Waals surface area contributed by atoms with E-state index >= 15 is 0 Å². The van der Waals surface area contributed by atoms with Gasteiger partial charge < -0.3 is 5.11 Å². The average Bonchev–Trinajstić information content (AvgIpc) is 2.93. The largest absolute Gasteiger partial charge is 0.480 e. The van der Waals surface area contributed by atoms with Gasteiger partial charge in [0.1, 0.15) is 11.9 Å². The van der Waals surface area contributed by atoms with Crippen LogP contribution in [0.3, 0.4) is 0 Å². The van der Waals surface area contributed by atoms with Crippen molar-refractivity contribution in [2.75, 3.05) is 6.54 Å². The van der Waals surface area contributed by atoms with Gasteiger partial charge in [0, 0.05) is 17.6 Å². The van der Waals surface area contributed by atoms with Crippen molar-refractivity contribution in [1.82, 2.24) is 4.90 Å². The van der Waals surface area contributed by atoms with Crippen LogP contribution in [0.4, 0.5) is 4.39 Å². The van der Waals surface area contributed by atoms with Crippen LogP contribution < -0.4 is 0 Å². The number of nitrogens with zero attached hydrogens (tertiary/aromatic N) is 1. The minimum absolute atomic E-state index is 0.264. The molecule has 1 aliphatic carbocycles. The monoisotopic (exact) mass is 341 g/mol. The maximum absolute atomic E-state index is 13.4. The molecule has 1 saturated heterocycles. The van der Waals surface area contributed by atoms with Crippen LogP contribution >= 0.6 is 15.9 Å². The molecule has 0 radical (unpaired) electrons. The van der Waals surface area contributed by atoms with Gasteiger partial charge in [0.15, 0.2) is 0 Å². The Morgan fingerprint density at radius 2 is 2.25 bits per heavy atom. The van der Waals surface area contributed by atoms with Crippen LogP contribution in [-0.2, 0) is 11.3 Å². The summed E-state index contributed by atoms with van der Waals surface area (Å²) in [6.45, 7) is 1.30. The Balaban J connectivity index is 1.82. The molecule has 0 bridgehead atoms. The Morgan fingerprint density at radius 3 is 3.00 bits per heavy atom. The molecule has 5 heteroatoms.